The zero-order valence-electron chi connectivity index (χ0n) is 8.49. The fourth-order valence-electron chi connectivity index (χ4n) is 1.85. The highest BCUT2D eigenvalue weighted by Crippen LogP contribution is 2.21. The highest BCUT2D eigenvalue weighted by Gasteiger charge is 2.30. The molecule has 76 valence electrons. The third-order valence-corrected chi connectivity index (χ3v) is 2.79. The van der Waals surface area contributed by atoms with E-state index in [-0.39, 0.29) is 5.54 Å². The summed E-state index contributed by atoms with van der Waals surface area (Å²) in [5, 5.41) is 0. The maximum atomic E-state index is 6.21. The van der Waals surface area contributed by atoms with Gasteiger partial charge in [0.25, 0.3) is 0 Å². The van der Waals surface area contributed by atoms with Crippen molar-refractivity contribution in [3.05, 3.63) is 29.6 Å². The van der Waals surface area contributed by atoms with Crippen molar-refractivity contribution in [1.29, 1.82) is 0 Å². The van der Waals surface area contributed by atoms with E-state index in [0.717, 1.165) is 25.1 Å². The lowest BCUT2D eigenvalue weighted by Gasteiger charge is -2.22. The first-order valence-electron chi connectivity index (χ1n) is 4.97. The second kappa shape index (κ2) is 3.67. The molecule has 0 bridgehead atoms. The summed E-state index contributed by atoms with van der Waals surface area (Å²) < 4.78 is 5.33. The van der Waals surface area contributed by atoms with Gasteiger partial charge in [0, 0.05) is 24.0 Å². The number of rotatable bonds is 2. The van der Waals surface area contributed by atoms with Crippen molar-refractivity contribution in [3.8, 4) is 0 Å². The fourth-order valence-corrected chi connectivity index (χ4v) is 1.85. The minimum Gasteiger partial charge on any atom is -0.379 e. The summed E-state index contributed by atoms with van der Waals surface area (Å²) in [6.07, 6.45) is 3.63. The average Bonchev–Trinajstić information content (AvgIpc) is 2.57. The molecule has 0 spiro atoms. The Morgan fingerprint density at radius 1 is 1.64 bits per heavy atom. The van der Waals surface area contributed by atoms with Crippen molar-refractivity contribution < 1.29 is 4.74 Å². The standard InChI is InChI=1S/C11H16N2O/c1-9-10(3-2-5-13-9)7-11(12)4-6-14-8-11/h2-3,5H,4,6-8,12H2,1H3. The van der Waals surface area contributed by atoms with Crippen LogP contribution in [0.3, 0.4) is 0 Å². The molecule has 2 heterocycles. The molecule has 2 rings (SSSR count). The van der Waals surface area contributed by atoms with Gasteiger partial charge in [-0.25, -0.2) is 0 Å². The van der Waals surface area contributed by atoms with Gasteiger partial charge in [-0.05, 0) is 31.4 Å². The van der Waals surface area contributed by atoms with E-state index in [1.165, 1.54) is 5.56 Å². The number of aromatic nitrogens is 1. The molecule has 0 aromatic carbocycles. The van der Waals surface area contributed by atoms with Crippen molar-refractivity contribution in [2.24, 2.45) is 5.73 Å². The molecule has 1 aliphatic heterocycles. The Morgan fingerprint density at radius 3 is 3.14 bits per heavy atom. The van der Waals surface area contributed by atoms with Crippen molar-refractivity contribution in [2.45, 2.75) is 25.3 Å². The number of pyridine rings is 1. The van der Waals surface area contributed by atoms with E-state index >= 15 is 0 Å². The highest BCUT2D eigenvalue weighted by atomic mass is 16.5. The van der Waals surface area contributed by atoms with Gasteiger partial charge in [0.2, 0.25) is 0 Å². The van der Waals surface area contributed by atoms with Crippen molar-refractivity contribution in [3.63, 3.8) is 0 Å². The lowest BCUT2D eigenvalue weighted by atomic mass is 9.91. The zero-order valence-corrected chi connectivity index (χ0v) is 8.49. The van der Waals surface area contributed by atoms with Gasteiger partial charge in [-0.2, -0.15) is 0 Å². The SMILES string of the molecule is Cc1ncccc1CC1(N)CCOC1. The second-order valence-electron chi connectivity index (χ2n) is 4.09. The number of ether oxygens (including phenoxy) is 1. The van der Waals surface area contributed by atoms with E-state index < -0.39 is 0 Å². The molecular formula is C11H16N2O. The number of nitrogens with zero attached hydrogens (tertiary/aromatic N) is 1. The van der Waals surface area contributed by atoms with E-state index in [0.29, 0.717) is 6.61 Å². The van der Waals surface area contributed by atoms with Crippen LogP contribution in [-0.2, 0) is 11.2 Å². The van der Waals surface area contributed by atoms with Crippen LogP contribution in [0.25, 0.3) is 0 Å². The molecule has 0 aliphatic carbocycles. The Hall–Kier alpha value is -0.930. The Bertz CT molecular complexity index is 319. The van der Waals surface area contributed by atoms with Gasteiger partial charge in [-0.3, -0.25) is 4.98 Å². The smallest absolute Gasteiger partial charge is 0.0650 e. The molecule has 0 saturated carbocycles. The second-order valence-corrected chi connectivity index (χ2v) is 4.09. The van der Waals surface area contributed by atoms with Gasteiger partial charge >= 0.3 is 0 Å². The number of hydrogen-bond acceptors (Lipinski definition) is 3. The van der Waals surface area contributed by atoms with Crippen LogP contribution in [-0.4, -0.2) is 23.7 Å². The van der Waals surface area contributed by atoms with Crippen molar-refractivity contribution in [2.75, 3.05) is 13.2 Å². The normalized spacial score (nSPS) is 26.7. The van der Waals surface area contributed by atoms with Crippen LogP contribution < -0.4 is 5.73 Å². The van der Waals surface area contributed by atoms with Gasteiger partial charge in [0.05, 0.1) is 6.61 Å². The predicted octanol–water partition coefficient (Wildman–Crippen LogP) is 1.05. The topological polar surface area (TPSA) is 48.1 Å². The van der Waals surface area contributed by atoms with Crippen LogP contribution in [0.4, 0.5) is 0 Å². The number of aryl methyl sites for hydroxylation is 1. The fraction of sp³-hybridized carbons (Fsp3) is 0.545. The number of hydrogen-bond donors (Lipinski definition) is 1. The minimum atomic E-state index is -0.173. The highest BCUT2D eigenvalue weighted by molar-refractivity contribution is 5.21. The van der Waals surface area contributed by atoms with E-state index in [9.17, 15) is 0 Å². The monoisotopic (exact) mass is 192 g/mol. The summed E-state index contributed by atoms with van der Waals surface area (Å²) in [5.41, 5.74) is 8.34. The van der Waals surface area contributed by atoms with Crippen LogP contribution in [0.2, 0.25) is 0 Å². The number of nitrogens with two attached hydrogens (primary N) is 1. The Balaban J connectivity index is 2.14. The van der Waals surface area contributed by atoms with Gasteiger partial charge in [-0.1, -0.05) is 6.07 Å². The lowest BCUT2D eigenvalue weighted by molar-refractivity contribution is 0.178. The molecule has 1 unspecified atom stereocenters. The molecule has 0 radical (unpaired) electrons. The van der Waals surface area contributed by atoms with Gasteiger partial charge < -0.3 is 10.5 Å². The van der Waals surface area contributed by atoms with Gasteiger partial charge in [0.1, 0.15) is 0 Å². The Labute approximate surface area is 84.3 Å². The molecule has 14 heavy (non-hydrogen) atoms. The summed E-state index contributed by atoms with van der Waals surface area (Å²) in [4.78, 5) is 4.26. The van der Waals surface area contributed by atoms with Crippen LogP contribution >= 0.6 is 0 Å². The predicted molar refractivity (Wildman–Crippen MR) is 55.0 cm³/mol. The molecule has 1 atom stereocenters. The summed E-state index contributed by atoms with van der Waals surface area (Å²) in [5.74, 6) is 0. The lowest BCUT2D eigenvalue weighted by Crippen LogP contribution is -2.42. The average molecular weight is 192 g/mol. The maximum absolute atomic E-state index is 6.21. The van der Waals surface area contributed by atoms with Gasteiger partial charge in [-0.15, -0.1) is 0 Å². The van der Waals surface area contributed by atoms with Crippen LogP contribution in [0.1, 0.15) is 17.7 Å². The Kier molecular flexibility index (Phi) is 2.52. The van der Waals surface area contributed by atoms with Gasteiger partial charge in [0.15, 0.2) is 0 Å². The summed E-state index contributed by atoms with van der Waals surface area (Å²) in [7, 11) is 0. The first kappa shape index (κ1) is 9.62. The third-order valence-electron chi connectivity index (χ3n) is 2.79. The third kappa shape index (κ3) is 1.94. The minimum absolute atomic E-state index is 0.173. The van der Waals surface area contributed by atoms with E-state index in [2.05, 4.69) is 11.1 Å². The summed E-state index contributed by atoms with van der Waals surface area (Å²) in [6, 6.07) is 4.05. The first-order chi connectivity index (χ1) is 6.70. The first-order valence-corrected chi connectivity index (χ1v) is 4.97. The quantitative estimate of drug-likeness (QED) is 0.762. The summed E-state index contributed by atoms with van der Waals surface area (Å²) in [6.45, 7) is 3.48. The molecule has 3 nitrogen and oxygen atoms in total. The Morgan fingerprint density at radius 2 is 2.50 bits per heavy atom. The van der Waals surface area contributed by atoms with Crippen molar-refractivity contribution >= 4 is 0 Å². The molecular weight excluding hydrogens is 176 g/mol. The molecule has 2 N–H and O–H groups in total. The molecule has 0 amide bonds. The molecule has 3 heteroatoms. The van der Waals surface area contributed by atoms with E-state index in [1.54, 1.807) is 0 Å². The van der Waals surface area contributed by atoms with Crippen LogP contribution in [0.5, 0.6) is 0 Å². The van der Waals surface area contributed by atoms with Crippen LogP contribution in [0.15, 0.2) is 18.3 Å². The molecule has 1 saturated heterocycles. The molecule has 1 fully saturated rings. The molecule has 1 aliphatic rings. The van der Waals surface area contributed by atoms with E-state index in [1.807, 2.05) is 19.2 Å². The van der Waals surface area contributed by atoms with E-state index in [4.69, 9.17) is 10.5 Å². The molecule has 1 aromatic rings. The largest absolute Gasteiger partial charge is 0.379 e. The van der Waals surface area contributed by atoms with Crippen molar-refractivity contribution in [1.82, 2.24) is 4.98 Å². The van der Waals surface area contributed by atoms with Crippen LogP contribution in [0, 0.1) is 6.92 Å². The zero-order chi connectivity index (χ0) is 10.0. The molecule has 1 aromatic heterocycles. The summed E-state index contributed by atoms with van der Waals surface area (Å²) >= 11 is 0. The maximum Gasteiger partial charge on any atom is 0.0650 e.